The molecule has 110 valence electrons. The molecule has 3 fully saturated rings. The number of carbonyl (C=O) groups is 1. The third kappa shape index (κ3) is 4.07. The molecule has 4 nitrogen and oxygen atoms in total. The van der Waals surface area contributed by atoms with Crippen molar-refractivity contribution in [1.29, 1.82) is 0 Å². The number of nitrogens with one attached hydrogen (secondary N) is 1. The maximum absolute atomic E-state index is 12.2. The molecule has 3 aliphatic rings. The largest absolute Gasteiger partial charge is 0.368 e. The molecule has 1 aliphatic carbocycles. The first-order chi connectivity index (χ1) is 8.83. The number of hydrogen-bond donors (Lipinski definition) is 1. The van der Waals surface area contributed by atoms with Crippen molar-refractivity contribution >= 4 is 18.3 Å². The summed E-state index contributed by atoms with van der Waals surface area (Å²) in [4.78, 5) is 14.2. The van der Waals surface area contributed by atoms with Gasteiger partial charge in [-0.1, -0.05) is 0 Å². The van der Waals surface area contributed by atoms with Crippen LogP contribution >= 0.6 is 12.4 Å². The molecule has 1 unspecified atom stereocenters. The summed E-state index contributed by atoms with van der Waals surface area (Å²) < 4.78 is 5.48. The predicted octanol–water partition coefficient (Wildman–Crippen LogP) is 1.58. The summed E-state index contributed by atoms with van der Waals surface area (Å²) in [5, 5.41) is 3.64. The van der Waals surface area contributed by atoms with Crippen LogP contribution in [0.25, 0.3) is 0 Å². The van der Waals surface area contributed by atoms with Gasteiger partial charge in [-0.25, -0.2) is 0 Å². The molecule has 0 aromatic rings. The monoisotopic (exact) mass is 288 g/mol. The van der Waals surface area contributed by atoms with E-state index in [9.17, 15) is 4.79 Å². The first-order valence-corrected chi connectivity index (χ1v) is 7.46. The summed E-state index contributed by atoms with van der Waals surface area (Å²) in [5.41, 5.74) is 0. The average Bonchev–Trinajstić information content (AvgIpc) is 3.08. The van der Waals surface area contributed by atoms with E-state index in [0.717, 1.165) is 51.3 Å². The van der Waals surface area contributed by atoms with E-state index in [4.69, 9.17) is 4.74 Å². The zero-order valence-electron chi connectivity index (χ0n) is 11.5. The summed E-state index contributed by atoms with van der Waals surface area (Å²) in [6, 6.07) is 0.624. The van der Waals surface area contributed by atoms with Crippen molar-refractivity contribution in [3.63, 3.8) is 0 Å². The van der Waals surface area contributed by atoms with Gasteiger partial charge in [-0.3, -0.25) is 4.79 Å². The molecule has 1 atom stereocenters. The molecule has 0 aromatic carbocycles. The first kappa shape index (κ1) is 15.1. The minimum atomic E-state index is -0.138. The topological polar surface area (TPSA) is 41.6 Å². The Morgan fingerprint density at radius 2 is 1.89 bits per heavy atom. The fourth-order valence-electron chi connectivity index (χ4n) is 2.94. The molecule has 1 amide bonds. The molecule has 3 rings (SSSR count). The lowest BCUT2D eigenvalue weighted by Gasteiger charge is -2.33. The van der Waals surface area contributed by atoms with Gasteiger partial charge in [0.25, 0.3) is 5.91 Å². The van der Waals surface area contributed by atoms with E-state index in [1.54, 1.807) is 0 Å². The SMILES string of the molecule is Cl.O=C(C1CCCO1)N1CCC(NCC2CC2)CC1. The molecule has 2 aliphatic heterocycles. The molecule has 0 radical (unpaired) electrons. The van der Waals surface area contributed by atoms with E-state index >= 15 is 0 Å². The molecule has 1 N–H and O–H groups in total. The highest BCUT2D eigenvalue weighted by Gasteiger charge is 2.31. The van der Waals surface area contributed by atoms with E-state index in [1.165, 1.54) is 19.4 Å². The standard InChI is InChI=1S/C14H24N2O2.ClH/c17-14(13-2-1-9-18-13)16-7-5-12(6-8-16)15-10-11-3-4-11;/h11-13,15H,1-10H2;1H. The summed E-state index contributed by atoms with van der Waals surface area (Å²) in [6.45, 7) is 3.75. The number of nitrogens with zero attached hydrogens (tertiary/aromatic N) is 1. The number of hydrogen-bond acceptors (Lipinski definition) is 3. The molecule has 2 saturated heterocycles. The zero-order valence-corrected chi connectivity index (χ0v) is 12.3. The van der Waals surface area contributed by atoms with E-state index in [-0.39, 0.29) is 24.4 Å². The van der Waals surface area contributed by atoms with Gasteiger partial charge >= 0.3 is 0 Å². The molecular formula is C14H25ClN2O2. The van der Waals surface area contributed by atoms with E-state index in [2.05, 4.69) is 5.32 Å². The van der Waals surface area contributed by atoms with Crippen molar-refractivity contribution in [2.75, 3.05) is 26.2 Å². The van der Waals surface area contributed by atoms with Crippen LogP contribution in [0.1, 0.15) is 38.5 Å². The highest BCUT2D eigenvalue weighted by Crippen LogP contribution is 2.28. The Morgan fingerprint density at radius 3 is 2.47 bits per heavy atom. The van der Waals surface area contributed by atoms with Gasteiger partial charge in [0.15, 0.2) is 0 Å². The molecule has 0 aromatic heterocycles. The van der Waals surface area contributed by atoms with Crippen molar-refractivity contribution in [1.82, 2.24) is 10.2 Å². The van der Waals surface area contributed by atoms with Crippen molar-refractivity contribution in [2.45, 2.75) is 50.7 Å². The lowest BCUT2D eigenvalue weighted by Crippen LogP contribution is -2.48. The molecule has 2 heterocycles. The Hall–Kier alpha value is -0.320. The van der Waals surface area contributed by atoms with E-state index in [1.807, 2.05) is 4.90 Å². The maximum Gasteiger partial charge on any atom is 0.251 e. The highest BCUT2D eigenvalue weighted by molar-refractivity contribution is 5.85. The Bertz CT molecular complexity index is 296. The van der Waals surface area contributed by atoms with Crippen LogP contribution in [0.4, 0.5) is 0 Å². The normalized spacial score (nSPS) is 28.2. The molecule has 19 heavy (non-hydrogen) atoms. The molecule has 0 bridgehead atoms. The Kier molecular flexibility index (Phi) is 5.48. The van der Waals surface area contributed by atoms with Crippen LogP contribution in [0.15, 0.2) is 0 Å². The maximum atomic E-state index is 12.2. The molecule has 1 saturated carbocycles. The smallest absolute Gasteiger partial charge is 0.251 e. The van der Waals surface area contributed by atoms with Gasteiger partial charge in [0.1, 0.15) is 6.10 Å². The van der Waals surface area contributed by atoms with Gasteiger partial charge < -0.3 is 15.0 Å². The van der Waals surface area contributed by atoms with E-state index in [0.29, 0.717) is 6.04 Å². The van der Waals surface area contributed by atoms with Crippen molar-refractivity contribution in [2.24, 2.45) is 5.92 Å². The van der Waals surface area contributed by atoms with Crippen LogP contribution in [0.2, 0.25) is 0 Å². The number of piperidine rings is 1. The summed E-state index contributed by atoms with van der Waals surface area (Å²) in [5.74, 6) is 1.17. The number of halogens is 1. The molecular weight excluding hydrogens is 264 g/mol. The number of amides is 1. The first-order valence-electron chi connectivity index (χ1n) is 7.46. The van der Waals surface area contributed by atoms with Gasteiger partial charge in [0.2, 0.25) is 0 Å². The van der Waals surface area contributed by atoms with Crippen LogP contribution in [0, 0.1) is 5.92 Å². The highest BCUT2D eigenvalue weighted by atomic mass is 35.5. The van der Waals surface area contributed by atoms with Gasteiger partial charge in [0.05, 0.1) is 0 Å². The zero-order chi connectivity index (χ0) is 12.4. The van der Waals surface area contributed by atoms with Crippen molar-refractivity contribution in [3.8, 4) is 0 Å². The fourth-order valence-corrected chi connectivity index (χ4v) is 2.94. The Labute approximate surface area is 121 Å². The predicted molar refractivity (Wildman–Crippen MR) is 76.6 cm³/mol. The Morgan fingerprint density at radius 1 is 1.16 bits per heavy atom. The van der Waals surface area contributed by atoms with Gasteiger partial charge in [-0.2, -0.15) is 0 Å². The number of ether oxygens (including phenoxy) is 1. The van der Waals surface area contributed by atoms with Crippen LogP contribution in [-0.4, -0.2) is 49.2 Å². The summed E-state index contributed by atoms with van der Waals surface area (Å²) in [6.07, 6.45) is 6.83. The minimum Gasteiger partial charge on any atom is -0.368 e. The van der Waals surface area contributed by atoms with E-state index < -0.39 is 0 Å². The van der Waals surface area contributed by atoms with Crippen molar-refractivity contribution < 1.29 is 9.53 Å². The minimum absolute atomic E-state index is 0. The molecule has 0 spiro atoms. The summed E-state index contributed by atoms with van der Waals surface area (Å²) in [7, 11) is 0. The quantitative estimate of drug-likeness (QED) is 0.854. The second-order valence-corrected chi connectivity index (χ2v) is 5.95. The van der Waals surface area contributed by atoms with Crippen LogP contribution in [0.3, 0.4) is 0 Å². The number of rotatable bonds is 4. The van der Waals surface area contributed by atoms with Crippen LogP contribution < -0.4 is 5.32 Å². The Balaban J connectivity index is 0.00000133. The number of carbonyl (C=O) groups excluding carboxylic acids is 1. The third-order valence-electron chi connectivity index (χ3n) is 4.40. The number of likely N-dealkylation sites (tertiary alicyclic amines) is 1. The second kappa shape index (κ2) is 6.91. The fraction of sp³-hybridized carbons (Fsp3) is 0.929. The second-order valence-electron chi connectivity index (χ2n) is 5.95. The van der Waals surface area contributed by atoms with Gasteiger partial charge in [-0.05, 0) is 51.0 Å². The lowest BCUT2D eigenvalue weighted by atomic mass is 10.0. The lowest BCUT2D eigenvalue weighted by molar-refractivity contribution is -0.142. The van der Waals surface area contributed by atoms with Crippen LogP contribution in [0.5, 0.6) is 0 Å². The molecule has 5 heteroatoms. The average molecular weight is 289 g/mol. The van der Waals surface area contributed by atoms with Gasteiger partial charge in [0, 0.05) is 25.7 Å². The van der Waals surface area contributed by atoms with Crippen molar-refractivity contribution in [3.05, 3.63) is 0 Å². The van der Waals surface area contributed by atoms with Crippen LogP contribution in [-0.2, 0) is 9.53 Å². The van der Waals surface area contributed by atoms with Gasteiger partial charge in [-0.15, -0.1) is 12.4 Å². The summed E-state index contributed by atoms with van der Waals surface area (Å²) >= 11 is 0. The third-order valence-corrected chi connectivity index (χ3v) is 4.40.